The van der Waals surface area contributed by atoms with Gasteiger partial charge in [0.1, 0.15) is 0 Å². The Bertz CT molecular complexity index is 476. The second kappa shape index (κ2) is 6.22. The molecule has 0 unspecified atom stereocenters. The molecule has 0 spiro atoms. The minimum Gasteiger partial charge on any atom is -0.347 e. The molecule has 0 saturated heterocycles. The quantitative estimate of drug-likeness (QED) is 0.802. The summed E-state index contributed by atoms with van der Waals surface area (Å²) < 4.78 is 3.52. The Balaban J connectivity index is 1.97. The van der Waals surface area contributed by atoms with E-state index in [2.05, 4.69) is 63.2 Å². The number of nitrogens with one attached hydrogen (secondary N) is 1. The first-order valence-corrected chi connectivity index (χ1v) is 7.06. The first kappa shape index (κ1) is 12.7. The summed E-state index contributed by atoms with van der Waals surface area (Å²) in [6.45, 7) is 5.45. The lowest BCUT2D eigenvalue weighted by molar-refractivity contribution is 0.586. The summed E-state index contributed by atoms with van der Waals surface area (Å²) in [5.74, 6) is 0. The third kappa shape index (κ3) is 3.11. The predicted octanol–water partition coefficient (Wildman–Crippen LogP) is 3.79. The largest absolute Gasteiger partial charge is 0.347 e. The first-order chi connectivity index (χ1) is 8.33. The normalized spacial score (nSPS) is 11.2. The van der Waals surface area contributed by atoms with E-state index in [9.17, 15) is 0 Å². The van der Waals surface area contributed by atoms with E-state index in [1.165, 1.54) is 28.2 Å². The number of fused-ring (bicyclic) bond motifs is 1. The van der Waals surface area contributed by atoms with Crippen molar-refractivity contribution in [1.82, 2.24) is 9.88 Å². The molecule has 1 heterocycles. The van der Waals surface area contributed by atoms with Crippen LogP contribution in [0.15, 0.2) is 34.9 Å². The van der Waals surface area contributed by atoms with Gasteiger partial charge in [0.25, 0.3) is 0 Å². The van der Waals surface area contributed by atoms with Gasteiger partial charge in [0.05, 0.1) is 0 Å². The smallest absolute Gasteiger partial charge is 0.0491 e. The van der Waals surface area contributed by atoms with Crippen LogP contribution in [-0.4, -0.2) is 17.7 Å². The number of halogens is 1. The minimum atomic E-state index is 1.07. The molecule has 17 heavy (non-hydrogen) atoms. The highest BCUT2D eigenvalue weighted by molar-refractivity contribution is 9.10. The highest BCUT2D eigenvalue weighted by Gasteiger charge is 2.02. The third-order valence-electron chi connectivity index (χ3n) is 3.01. The first-order valence-electron chi connectivity index (χ1n) is 6.27. The van der Waals surface area contributed by atoms with Gasteiger partial charge in [-0.2, -0.15) is 0 Å². The summed E-state index contributed by atoms with van der Waals surface area (Å²) >= 11 is 3.59. The molecule has 2 nitrogen and oxygen atoms in total. The van der Waals surface area contributed by atoms with Crippen LogP contribution in [0.2, 0.25) is 0 Å². The molecule has 0 aliphatic rings. The topological polar surface area (TPSA) is 17.0 Å². The van der Waals surface area contributed by atoms with E-state index in [1.54, 1.807) is 0 Å². The van der Waals surface area contributed by atoms with E-state index in [0.29, 0.717) is 0 Å². The van der Waals surface area contributed by atoms with Crippen LogP contribution in [0.25, 0.3) is 10.9 Å². The Morgan fingerprint density at radius 3 is 2.94 bits per heavy atom. The molecule has 1 aromatic carbocycles. The van der Waals surface area contributed by atoms with Crippen molar-refractivity contribution in [3.63, 3.8) is 0 Å². The van der Waals surface area contributed by atoms with Gasteiger partial charge in [-0.1, -0.05) is 28.9 Å². The zero-order valence-electron chi connectivity index (χ0n) is 10.2. The zero-order chi connectivity index (χ0) is 12.1. The number of hydrogen-bond donors (Lipinski definition) is 1. The van der Waals surface area contributed by atoms with Crippen molar-refractivity contribution in [2.45, 2.75) is 26.3 Å². The van der Waals surface area contributed by atoms with Crippen molar-refractivity contribution < 1.29 is 0 Å². The van der Waals surface area contributed by atoms with Gasteiger partial charge in [-0.05, 0) is 44.1 Å². The van der Waals surface area contributed by atoms with Gasteiger partial charge in [-0.3, -0.25) is 0 Å². The van der Waals surface area contributed by atoms with Crippen LogP contribution in [-0.2, 0) is 6.54 Å². The highest BCUT2D eigenvalue weighted by Crippen LogP contribution is 2.24. The Morgan fingerprint density at radius 2 is 2.12 bits per heavy atom. The lowest BCUT2D eigenvalue weighted by Gasteiger charge is -2.06. The molecule has 0 radical (unpaired) electrons. The fourth-order valence-corrected chi connectivity index (χ4v) is 2.58. The molecule has 92 valence electrons. The molecule has 0 aliphatic heterocycles. The number of aryl methyl sites for hydroxylation is 1. The van der Waals surface area contributed by atoms with Gasteiger partial charge in [0.2, 0.25) is 0 Å². The van der Waals surface area contributed by atoms with Crippen LogP contribution < -0.4 is 5.32 Å². The molecule has 3 heteroatoms. The van der Waals surface area contributed by atoms with Crippen molar-refractivity contribution in [3.8, 4) is 0 Å². The number of aromatic nitrogens is 1. The fraction of sp³-hybridized carbons (Fsp3) is 0.429. The number of rotatable bonds is 6. The van der Waals surface area contributed by atoms with E-state index in [4.69, 9.17) is 0 Å². The molecular formula is C14H19BrN2. The Morgan fingerprint density at radius 1 is 1.24 bits per heavy atom. The highest BCUT2D eigenvalue weighted by atomic mass is 79.9. The van der Waals surface area contributed by atoms with Gasteiger partial charge in [0.15, 0.2) is 0 Å². The zero-order valence-corrected chi connectivity index (χ0v) is 11.8. The standard InChI is InChI=1S/C14H19BrN2/c1-2-16-9-3-4-10-17-11-8-12-13(15)6-5-7-14(12)17/h5-8,11,16H,2-4,9-10H2,1H3. The van der Waals surface area contributed by atoms with Crippen molar-refractivity contribution >= 4 is 26.8 Å². The predicted molar refractivity (Wildman–Crippen MR) is 77.4 cm³/mol. The van der Waals surface area contributed by atoms with Crippen LogP contribution in [0.3, 0.4) is 0 Å². The summed E-state index contributed by atoms with van der Waals surface area (Å²) in [7, 11) is 0. The van der Waals surface area contributed by atoms with E-state index in [0.717, 1.165) is 19.6 Å². The lowest BCUT2D eigenvalue weighted by Crippen LogP contribution is -2.14. The molecule has 0 atom stereocenters. The SMILES string of the molecule is CCNCCCCn1ccc2c(Br)cccc21. The van der Waals surface area contributed by atoms with Gasteiger partial charge >= 0.3 is 0 Å². The number of hydrogen-bond acceptors (Lipinski definition) is 1. The lowest BCUT2D eigenvalue weighted by atomic mass is 10.2. The third-order valence-corrected chi connectivity index (χ3v) is 3.70. The van der Waals surface area contributed by atoms with Crippen molar-refractivity contribution in [3.05, 3.63) is 34.9 Å². The summed E-state index contributed by atoms with van der Waals surface area (Å²) in [5, 5.41) is 4.66. The molecule has 0 aliphatic carbocycles. The number of nitrogens with zero attached hydrogens (tertiary/aromatic N) is 1. The fourth-order valence-electron chi connectivity index (χ4n) is 2.09. The molecule has 0 bridgehead atoms. The molecular weight excluding hydrogens is 276 g/mol. The van der Waals surface area contributed by atoms with Crippen molar-refractivity contribution in [2.75, 3.05) is 13.1 Å². The van der Waals surface area contributed by atoms with E-state index >= 15 is 0 Å². The maximum atomic E-state index is 3.59. The summed E-state index contributed by atoms with van der Waals surface area (Å²) in [6, 6.07) is 8.56. The molecule has 0 saturated carbocycles. The second-order valence-electron chi connectivity index (χ2n) is 4.24. The van der Waals surface area contributed by atoms with Gasteiger partial charge in [0, 0.05) is 28.1 Å². The second-order valence-corrected chi connectivity index (χ2v) is 5.10. The Hall–Kier alpha value is -0.800. The van der Waals surface area contributed by atoms with Crippen LogP contribution in [0.4, 0.5) is 0 Å². The van der Waals surface area contributed by atoms with Crippen LogP contribution in [0.5, 0.6) is 0 Å². The Labute approximate surface area is 111 Å². The van der Waals surface area contributed by atoms with Gasteiger partial charge in [-0.15, -0.1) is 0 Å². The van der Waals surface area contributed by atoms with Crippen LogP contribution >= 0.6 is 15.9 Å². The number of benzene rings is 1. The van der Waals surface area contributed by atoms with E-state index in [1.807, 2.05) is 0 Å². The van der Waals surface area contributed by atoms with Crippen molar-refractivity contribution in [1.29, 1.82) is 0 Å². The molecule has 0 amide bonds. The molecule has 2 rings (SSSR count). The number of unbranched alkanes of at least 4 members (excludes halogenated alkanes) is 1. The average molecular weight is 295 g/mol. The average Bonchev–Trinajstić information content (AvgIpc) is 2.74. The summed E-state index contributed by atoms with van der Waals surface area (Å²) in [4.78, 5) is 0. The maximum absolute atomic E-state index is 3.59. The van der Waals surface area contributed by atoms with Crippen molar-refractivity contribution in [2.24, 2.45) is 0 Å². The monoisotopic (exact) mass is 294 g/mol. The van der Waals surface area contributed by atoms with Crippen LogP contribution in [0.1, 0.15) is 19.8 Å². The molecule has 1 aromatic heterocycles. The van der Waals surface area contributed by atoms with Gasteiger partial charge in [-0.25, -0.2) is 0 Å². The molecule has 1 N–H and O–H groups in total. The minimum absolute atomic E-state index is 1.07. The summed E-state index contributed by atoms with van der Waals surface area (Å²) in [6.07, 6.45) is 4.65. The molecule has 0 fully saturated rings. The van der Waals surface area contributed by atoms with Gasteiger partial charge < -0.3 is 9.88 Å². The Kier molecular flexibility index (Phi) is 4.63. The summed E-state index contributed by atoms with van der Waals surface area (Å²) in [5.41, 5.74) is 1.32. The van der Waals surface area contributed by atoms with E-state index < -0.39 is 0 Å². The maximum Gasteiger partial charge on any atom is 0.0491 e. The van der Waals surface area contributed by atoms with E-state index in [-0.39, 0.29) is 0 Å². The van der Waals surface area contributed by atoms with Crippen LogP contribution in [0, 0.1) is 0 Å². The molecule has 2 aromatic rings.